The van der Waals surface area contributed by atoms with Crippen LogP contribution in [0.2, 0.25) is 0 Å². The average molecular weight is 421 g/mol. The second-order valence-electron chi connectivity index (χ2n) is 7.16. The molecule has 0 saturated heterocycles. The minimum atomic E-state index is -0.239. The number of anilines is 1. The number of fused-ring (bicyclic) bond motifs is 1. The van der Waals surface area contributed by atoms with Gasteiger partial charge in [0.2, 0.25) is 0 Å². The summed E-state index contributed by atoms with van der Waals surface area (Å²) in [5.74, 6) is 0.400. The van der Waals surface area contributed by atoms with Gasteiger partial charge >= 0.3 is 0 Å². The molecule has 2 aromatic heterocycles. The van der Waals surface area contributed by atoms with E-state index in [9.17, 15) is 4.79 Å². The lowest BCUT2D eigenvalue weighted by Gasteiger charge is -2.09. The summed E-state index contributed by atoms with van der Waals surface area (Å²) in [6.45, 7) is -0.0835. The average Bonchev–Trinajstić information content (AvgIpc) is 3.32. The van der Waals surface area contributed by atoms with Crippen molar-refractivity contribution in [2.75, 3.05) is 11.9 Å². The predicted molar refractivity (Wildman–Crippen MR) is 122 cm³/mol. The van der Waals surface area contributed by atoms with Crippen LogP contribution in [0, 0.1) is 0 Å². The van der Waals surface area contributed by atoms with Gasteiger partial charge in [0.25, 0.3) is 5.91 Å². The number of hydrogen-bond acceptors (Lipinski definition) is 5. The van der Waals surface area contributed by atoms with E-state index in [1.54, 1.807) is 10.8 Å². The Hall–Kier alpha value is -4.52. The molecular formula is C25H19N5O2. The van der Waals surface area contributed by atoms with Crippen LogP contribution >= 0.6 is 0 Å². The summed E-state index contributed by atoms with van der Waals surface area (Å²) < 4.78 is 7.25. The first-order valence-electron chi connectivity index (χ1n) is 10.1. The first-order chi connectivity index (χ1) is 15.7. The maximum atomic E-state index is 12.4. The number of aromatic nitrogens is 4. The molecule has 0 spiro atoms. The molecule has 7 heteroatoms. The smallest absolute Gasteiger partial charge is 0.262 e. The van der Waals surface area contributed by atoms with E-state index in [4.69, 9.17) is 4.74 Å². The summed E-state index contributed by atoms with van der Waals surface area (Å²) >= 11 is 0. The Morgan fingerprint density at radius 1 is 0.844 bits per heavy atom. The lowest BCUT2D eigenvalue weighted by molar-refractivity contribution is -0.118. The Bertz CT molecular complexity index is 1360. The highest BCUT2D eigenvalue weighted by atomic mass is 16.5. The SMILES string of the molecule is O=C(COc1ccc(-c2ccccc2)cc1)Nc1cccc(-c2ccc3nncn3n2)c1. The lowest BCUT2D eigenvalue weighted by Crippen LogP contribution is -2.20. The van der Waals surface area contributed by atoms with Gasteiger partial charge in [-0.05, 0) is 47.5 Å². The normalized spacial score (nSPS) is 10.8. The van der Waals surface area contributed by atoms with Gasteiger partial charge in [0.15, 0.2) is 12.3 Å². The topological polar surface area (TPSA) is 81.4 Å². The fourth-order valence-corrected chi connectivity index (χ4v) is 3.36. The molecule has 5 aromatic rings. The van der Waals surface area contributed by atoms with Crippen molar-refractivity contribution >= 4 is 17.2 Å². The molecule has 0 aliphatic carbocycles. The van der Waals surface area contributed by atoms with E-state index in [-0.39, 0.29) is 12.5 Å². The number of rotatable bonds is 6. The number of amides is 1. The van der Waals surface area contributed by atoms with Crippen LogP contribution in [0.1, 0.15) is 0 Å². The van der Waals surface area contributed by atoms with Gasteiger partial charge in [-0.1, -0.05) is 54.6 Å². The molecule has 0 atom stereocenters. The van der Waals surface area contributed by atoms with Crippen LogP contribution in [-0.4, -0.2) is 32.3 Å². The number of ether oxygens (including phenoxy) is 1. The number of nitrogens with one attached hydrogen (secondary N) is 1. The van der Waals surface area contributed by atoms with Crippen molar-refractivity contribution in [1.82, 2.24) is 19.8 Å². The van der Waals surface area contributed by atoms with Gasteiger partial charge in [-0.15, -0.1) is 10.2 Å². The number of carbonyl (C=O) groups excluding carboxylic acids is 1. The Labute approximate surface area is 184 Å². The van der Waals surface area contributed by atoms with Crippen molar-refractivity contribution in [2.45, 2.75) is 0 Å². The molecule has 156 valence electrons. The minimum absolute atomic E-state index is 0.0835. The molecule has 2 heterocycles. The quantitative estimate of drug-likeness (QED) is 0.437. The van der Waals surface area contributed by atoms with Crippen molar-refractivity contribution in [3.05, 3.63) is 97.3 Å². The zero-order chi connectivity index (χ0) is 21.8. The number of benzene rings is 3. The molecule has 7 nitrogen and oxygen atoms in total. The van der Waals surface area contributed by atoms with E-state index >= 15 is 0 Å². The fraction of sp³-hybridized carbons (Fsp3) is 0.0400. The van der Waals surface area contributed by atoms with E-state index in [2.05, 4.69) is 32.7 Å². The molecule has 0 fully saturated rings. The van der Waals surface area contributed by atoms with Crippen molar-refractivity contribution in [3.63, 3.8) is 0 Å². The maximum absolute atomic E-state index is 12.4. The molecule has 3 aromatic carbocycles. The number of carbonyl (C=O) groups is 1. The highest BCUT2D eigenvalue weighted by Gasteiger charge is 2.07. The zero-order valence-electron chi connectivity index (χ0n) is 17.1. The first-order valence-corrected chi connectivity index (χ1v) is 10.1. The van der Waals surface area contributed by atoms with E-state index in [0.717, 1.165) is 22.4 Å². The van der Waals surface area contributed by atoms with Crippen LogP contribution in [0.3, 0.4) is 0 Å². The monoisotopic (exact) mass is 421 g/mol. The summed E-state index contributed by atoms with van der Waals surface area (Å²) in [6, 6.07) is 29.0. The Kier molecular flexibility index (Phi) is 5.28. The zero-order valence-corrected chi connectivity index (χ0v) is 17.1. The van der Waals surface area contributed by atoms with Crippen molar-refractivity contribution in [2.24, 2.45) is 0 Å². The molecule has 1 amide bonds. The highest BCUT2D eigenvalue weighted by Crippen LogP contribution is 2.23. The number of nitrogens with zero attached hydrogens (tertiary/aromatic N) is 4. The molecular weight excluding hydrogens is 402 g/mol. The summed E-state index contributed by atoms with van der Waals surface area (Å²) in [5.41, 5.74) is 5.19. The molecule has 0 unspecified atom stereocenters. The summed E-state index contributed by atoms with van der Waals surface area (Å²) in [5, 5.41) is 15.1. The van der Waals surface area contributed by atoms with Gasteiger partial charge in [-0.25, -0.2) is 0 Å². The molecule has 0 radical (unpaired) electrons. The molecule has 5 rings (SSSR count). The van der Waals surface area contributed by atoms with Crippen LogP contribution in [0.5, 0.6) is 5.75 Å². The van der Waals surface area contributed by atoms with Crippen LogP contribution < -0.4 is 10.1 Å². The summed E-state index contributed by atoms with van der Waals surface area (Å²) in [4.78, 5) is 12.4. The minimum Gasteiger partial charge on any atom is -0.484 e. The predicted octanol–water partition coefficient (Wildman–Crippen LogP) is 4.48. The molecule has 32 heavy (non-hydrogen) atoms. The van der Waals surface area contributed by atoms with E-state index in [1.807, 2.05) is 78.9 Å². The van der Waals surface area contributed by atoms with Gasteiger partial charge < -0.3 is 10.1 Å². The van der Waals surface area contributed by atoms with Gasteiger partial charge in [-0.3, -0.25) is 4.79 Å². The highest BCUT2D eigenvalue weighted by molar-refractivity contribution is 5.92. The Morgan fingerprint density at radius 2 is 1.62 bits per heavy atom. The maximum Gasteiger partial charge on any atom is 0.262 e. The second kappa shape index (κ2) is 8.69. The van der Waals surface area contributed by atoms with Crippen LogP contribution in [-0.2, 0) is 4.79 Å². The standard InChI is InChI=1S/C25H19N5O2/c31-25(16-32-22-11-9-19(10-12-22)18-5-2-1-3-6-18)27-21-8-4-7-20(15-21)23-13-14-24-28-26-17-30(24)29-23/h1-15,17H,16H2,(H,27,31). The molecule has 0 aliphatic heterocycles. The third-order valence-corrected chi connectivity index (χ3v) is 4.94. The Morgan fingerprint density at radius 3 is 2.47 bits per heavy atom. The van der Waals surface area contributed by atoms with E-state index in [1.165, 1.54) is 0 Å². The van der Waals surface area contributed by atoms with Crippen LogP contribution in [0.15, 0.2) is 97.3 Å². The van der Waals surface area contributed by atoms with Crippen molar-refractivity contribution in [1.29, 1.82) is 0 Å². The van der Waals surface area contributed by atoms with Gasteiger partial charge in [0, 0.05) is 11.3 Å². The van der Waals surface area contributed by atoms with E-state index < -0.39 is 0 Å². The molecule has 0 bridgehead atoms. The van der Waals surface area contributed by atoms with Gasteiger partial charge in [-0.2, -0.15) is 9.61 Å². The van der Waals surface area contributed by atoms with Gasteiger partial charge in [0.05, 0.1) is 5.69 Å². The Balaban J connectivity index is 1.21. The van der Waals surface area contributed by atoms with Crippen molar-refractivity contribution < 1.29 is 9.53 Å². The van der Waals surface area contributed by atoms with Crippen LogP contribution in [0.4, 0.5) is 5.69 Å². The van der Waals surface area contributed by atoms with E-state index in [0.29, 0.717) is 17.1 Å². The molecule has 0 saturated carbocycles. The summed E-state index contributed by atoms with van der Waals surface area (Å²) in [7, 11) is 0. The second-order valence-corrected chi connectivity index (χ2v) is 7.16. The fourth-order valence-electron chi connectivity index (χ4n) is 3.36. The third kappa shape index (κ3) is 4.32. The van der Waals surface area contributed by atoms with Gasteiger partial charge in [0.1, 0.15) is 12.1 Å². The first kappa shape index (κ1) is 19.4. The molecule has 0 aliphatic rings. The lowest BCUT2D eigenvalue weighted by atomic mass is 10.1. The summed E-state index contributed by atoms with van der Waals surface area (Å²) in [6.07, 6.45) is 1.55. The molecule has 1 N–H and O–H groups in total. The third-order valence-electron chi connectivity index (χ3n) is 4.94. The largest absolute Gasteiger partial charge is 0.484 e. The van der Waals surface area contributed by atoms with Crippen LogP contribution in [0.25, 0.3) is 28.0 Å². The van der Waals surface area contributed by atoms with Crippen molar-refractivity contribution in [3.8, 4) is 28.1 Å². The number of hydrogen-bond donors (Lipinski definition) is 1.